The minimum absolute atomic E-state index is 0.0971. The molecule has 0 N–H and O–H groups in total. The summed E-state index contributed by atoms with van der Waals surface area (Å²) in [5.41, 5.74) is 2.30. The summed E-state index contributed by atoms with van der Waals surface area (Å²) >= 11 is 4.59. The molecule has 0 amide bonds. The molecule has 0 aliphatic rings. The molecular weight excluding hydrogens is 200 g/mol. The van der Waals surface area contributed by atoms with Gasteiger partial charge in [-0.25, -0.2) is 0 Å². The van der Waals surface area contributed by atoms with Crippen molar-refractivity contribution >= 4 is 12.6 Å². The molecule has 0 nitrogen and oxygen atoms in total. The van der Waals surface area contributed by atoms with E-state index in [0.717, 1.165) is 5.57 Å². The largest absolute Gasteiger partial charge is 0.166 e. The summed E-state index contributed by atoms with van der Waals surface area (Å²) in [6.07, 6.45) is 7.89. The minimum Gasteiger partial charge on any atom is -0.166 e. The van der Waals surface area contributed by atoms with Crippen LogP contribution in [0.3, 0.4) is 0 Å². The van der Waals surface area contributed by atoms with Gasteiger partial charge in [0, 0.05) is 0 Å². The van der Waals surface area contributed by atoms with E-state index < -0.39 is 0 Å². The molecule has 0 bridgehead atoms. The van der Waals surface area contributed by atoms with Gasteiger partial charge in [-0.15, -0.1) is 0 Å². The van der Waals surface area contributed by atoms with E-state index >= 15 is 0 Å². The Morgan fingerprint density at radius 2 is 2.00 bits per heavy atom. The van der Waals surface area contributed by atoms with Gasteiger partial charge in [0.2, 0.25) is 0 Å². The van der Waals surface area contributed by atoms with Gasteiger partial charge in [-0.2, -0.15) is 12.6 Å². The first kappa shape index (κ1) is 11.9. The zero-order chi connectivity index (χ0) is 11.1. The molecule has 1 unspecified atom stereocenters. The van der Waals surface area contributed by atoms with Crippen molar-refractivity contribution in [2.45, 2.75) is 12.2 Å². The Hall–Kier alpha value is -1.21. The predicted molar refractivity (Wildman–Crippen MR) is 71.3 cm³/mol. The number of benzene rings is 1. The van der Waals surface area contributed by atoms with Crippen molar-refractivity contribution < 1.29 is 0 Å². The maximum absolute atomic E-state index is 4.59. The molecule has 78 valence electrons. The highest BCUT2D eigenvalue weighted by Gasteiger charge is 2.07. The van der Waals surface area contributed by atoms with Gasteiger partial charge in [-0.1, -0.05) is 61.2 Å². The van der Waals surface area contributed by atoms with Gasteiger partial charge in [0.25, 0.3) is 0 Å². The van der Waals surface area contributed by atoms with Gasteiger partial charge < -0.3 is 0 Å². The van der Waals surface area contributed by atoms with Crippen LogP contribution in [0.5, 0.6) is 0 Å². The Kier molecular flexibility index (Phi) is 4.99. The standard InChI is InChI=1S/C14H16S/c1-3-5-9-12(4-2)14(15)13-10-7-6-8-11-13/h3-11,14-15H,2H2,1H3/b5-3-,12-9+. The highest BCUT2D eigenvalue weighted by atomic mass is 32.1. The van der Waals surface area contributed by atoms with Crippen LogP contribution in [0, 0.1) is 0 Å². The molecule has 0 saturated heterocycles. The molecule has 1 atom stereocenters. The van der Waals surface area contributed by atoms with E-state index in [9.17, 15) is 0 Å². The summed E-state index contributed by atoms with van der Waals surface area (Å²) in [6, 6.07) is 10.2. The average Bonchev–Trinajstić information content (AvgIpc) is 2.31. The number of hydrogen-bond acceptors (Lipinski definition) is 1. The van der Waals surface area contributed by atoms with E-state index in [-0.39, 0.29) is 5.25 Å². The number of rotatable bonds is 4. The normalized spacial score (nSPS) is 14.1. The van der Waals surface area contributed by atoms with Gasteiger partial charge in [-0.3, -0.25) is 0 Å². The van der Waals surface area contributed by atoms with E-state index in [0.29, 0.717) is 0 Å². The van der Waals surface area contributed by atoms with Crippen LogP contribution in [-0.2, 0) is 0 Å². The maximum atomic E-state index is 4.59. The van der Waals surface area contributed by atoms with Crippen LogP contribution >= 0.6 is 12.6 Å². The molecule has 0 fully saturated rings. The summed E-state index contributed by atoms with van der Waals surface area (Å²) in [7, 11) is 0. The Balaban J connectivity index is 2.92. The molecule has 1 heteroatoms. The molecular formula is C14H16S. The second kappa shape index (κ2) is 6.31. The lowest BCUT2D eigenvalue weighted by atomic mass is 10.0. The second-order valence-electron chi connectivity index (χ2n) is 3.21. The Bertz CT molecular complexity index is 360. The van der Waals surface area contributed by atoms with Crippen molar-refractivity contribution in [3.05, 3.63) is 72.4 Å². The molecule has 1 aromatic carbocycles. The number of hydrogen-bond donors (Lipinski definition) is 1. The van der Waals surface area contributed by atoms with Crippen LogP contribution in [0.1, 0.15) is 17.7 Å². The monoisotopic (exact) mass is 216 g/mol. The zero-order valence-electron chi connectivity index (χ0n) is 8.93. The molecule has 0 saturated carbocycles. The van der Waals surface area contributed by atoms with E-state index in [2.05, 4.69) is 31.3 Å². The molecule has 0 aromatic heterocycles. The average molecular weight is 216 g/mol. The van der Waals surface area contributed by atoms with Crippen molar-refractivity contribution in [1.29, 1.82) is 0 Å². The van der Waals surface area contributed by atoms with Crippen molar-refractivity contribution in [3.8, 4) is 0 Å². The molecule has 15 heavy (non-hydrogen) atoms. The molecule has 0 aliphatic carbocycles. The summed E-state index contributed by atoms with van der Waals surface area (Å²) in [5.74, 6) is 0. The fraction of sp³-hybridized carbons (Fsp3) is 0.143. The second-order valence-corrected chi connectivity index (χ2v) is 3.73. The summed E-state index contributed by atoms with van der Waals surface area (Å²) in [6.45, 7) is 5.80. The molecule has 0 spiro atoms. The van der Waals surface area contributed by atoms with Crippen LogP contribution in [0.25, 0.3) is 0 Å². The Labute approximate surface area is 97.4 Å². The fourth-order valence-corrected chi connectivity index (χ4v) is 1.67. The van der Waals surface area contributed by atoms with Crippen LogP contribution in [0.2, 0.25) is 0 Å². The van der Waals surface area contributed by atoms with Gasteiger partial charge in [0.1, 0.15) is 0 Å². The Morgan fingerprint density at radius 3 is 2.53 bits per heavy atom. The highest BCUT2D eigenvalue weighted by molar-refractivity contribution is 7.80. The summed E-state index contributed by atoms with van der Waals surface area (Å²) in [5, 5.41) is 0.0971. The Morgan fingerprint density at radius 1 is 1.33 bits per heavy atom. The quantitative estimate of drug-likeness (QED) is 0.561. The van der Waals surface area contributed by atoms with Crippen molar-refractivity contribution in [2.24, 2.45) is 0 Å². The lowest BCUT2D eigenvalue weighted by molar-refractivity contribution is 1.17. The van der Waals surface area contributed by atoms with E-state index in [1.165, 1.54) is 5.56 Å². The third kappa shape index (κ3) is 3.45. The molecule has 1 aromatic rings. The van der Waals surface area contributed by atoms with Gasteiger partial charge in [-0.05, 0) is 18.1 Å². The topological polar surface area (TPSA) is 0 Å². The summed E-state index contributed by atoms with van der Waals surface area (Å²) in [4.78, 5) is 0. The smallest absolute Gasteiger partial charge is 0.0516 e. The third-order valence-electron chi connectivity index (χ3n) is 2.15. The number of thiol groups is 1. The predicted octanol–water partition coefficient (Wildman–Crippen LogP) is 4.35. The van der Waals surface area contributed by atoms with Crippen molar-refractivity contribution in [2.75, 3.05) is 0 Å². The maximum Gasteiger partial charge on any atom is 0.0516 e. The lowest BCUT2D eigenvalue weighted by Crippen LogP contribution is -1.92. The van der Waals surface area contributed by atoms with Gasteiger partial charge in [0.15, 0.2) is 0 Å². The van der Waals surface area contributed by atoms with Crippen LogP contribution in [-0.4, -0.2) is 0 Å². The van der Waals surface area contributed by atoms with Gasteiger partial charge in [0.05, 0.1) is 5.25 Å². The van der Waals surface area contributed by atoms with E-state index in [1.54, 1.807) is 0 Å². The van der Waals surface area contributed by atoms with E-state index in [1.807, 2.05) is 49.4 Å². The summed E-state index contributed by atoms with van der Waals surface area (Å²) < 4.78 is 0. The fourth-order valence-electron chi connectivity index (χ4n) is 1.31. The van der Waals surface area contributed by atoms with E-state index in [4.69, 9.17) is 0 Å². The molecule has 1 rings (SSSR count). The van der Waals surface area contributed by atoms with Gasteiger partial charge >= 0.3 is 0 Å². The highest BCUT2D eigenvalue weighted by Crippen LogP contribution is 2.28. The van der Waals surface area contributed by atoms with Crippen LogP contribution < -0.4 is 0 Å². The molecule has 0 radical (unpaired) electrons. The SMILES string of the molecule is C=C/C(=C\C=C/C)C(S)c1ccccc1. The van der Waals surface area contributed by atoms with Crippen LogP contribution in [0.4, 0.5) is 0 Å². The zero-order valence-corrected chi connectivity index (χ0v) is 9.82. The minimum atomic E-state index is 0.0971. The first-order chi connectivity index (χ1) is 7.29. The van der Waals surface area contributed by atoms with Crippen LogP contribution in [0.15, 0.2) is 66.8 Å². The van der Waals surface area contributed by atoms with Crippen molar-refractivity contribution in [3.63, 3.8) is 0 Å². The van der Waals surface area contributed by atoms with Crippen molar-refractivity contribution in [1.82, 2.24) is 0 Å². The molecule has 0 aliphatic heterocycles. The molecule has 0 heterocycles. The first-order valence-corrected chi connectivity index (χ1v) is 5.49. The lowest BCUT2D eigenvalue weighted by Gasteiger charge is -2.11. The third-order valence-corrected chi connectivity index (χ3v) is 2.74. The number of allylic oxidation sites excluding steroid dienone is 4. The first-order valence-electron chi connectivity index (χ1n) is 4.98.